The molecule has 1 aliphatic heterocycles. The molecule has 186 valence electrons. The Kier molecular flexibility index (Phi) is 9.22. The van der Waals surface area contributed by atoms with Crippen molar-refractivity contribution in [3.8, 4) is 0 Å². The zero-order valence-corrected chi connectivity index (χ0v) is 21.7. The lowest BCUT2D eigenvalue weighted by Gasteiger charge is -2.37. The molecule has 4 unspecified atom stereocenters. The number of halogens is 4. The number of amides is 2. The molecule has 1 heterocycles. The topological polar surface area (TPSA) is 32.3 Å². The van der Waals surface area contributed by atoms with E-state index in [4.69, 9.17) is 23.2 Å². The molecule has 4 atom stereocenters. The number of allylic oxidation sites excluding steroid dienone is 5. The minimum absolute atomic E-state index is 0.256. The summed E-state index contributed by atoms with van der Waals surface area (Å²) in [6, 6.07) is 3.14. The van der Waals surface area contributed by atoms with E-state index in [2.05, 4.69) is 18.8 Å². The first kappa shape index (κ1) is 26.7. The zero-order chi connectivity index (χ0) is 25.0. The van der Waals surface area contributed by atoms with Crippen LogP contribution in [0.5, 0.6) is 0 Å². The van der Waals surface area contributed by atoms with Crippen LogP contribution in [0.1, 0.15) is 52.9 Å². The number of benzene rings is 1. The SMILES string of the molecule is C=C(C=C(Cl)C(CC1CC2CCC(CN(C(=O)Nc3ccc(F)c(F)c3)C2)C1C)=C(C)Cl)CC. The van der Waals surface area contributed by atoms with Crippen molar-refractivity contribution in [3.05, 3.63) is 63.7 Å². The minimum Gasteiger partial charge on any atom is -0.324 e. The van der Waals surface area contributed by atoms with Crippen LogP contribution in [0.25, 0.3) is 0 Å². The van der Waals surface area contributed by atoms with E-state index in [0.717, 1.165) is 55.4 Å². The van der Waals surface area contributed by atoms with E-state index in [1.54, 1.807) is 0 Å². The second kappa shape index (κ2) is 11.7. The predicted molar refractivity (Wildman–Crippen MR) is 137 cm³/mol. The van der Waals surface area contributed by atoms with Gasteiger partial charge in [-0.3, -0.25) is 0 Å². The maximum absolute atomic E-state index is 13.6. The molecule has 3 nitrogen and oxygen atoms in total. The van der Waals surface area contributed by atoms with Crippen LogP contribution in [0.4, 0.5) is 19.3 Å². The number of carbonyl (C=O) groups is 1. The lowest BCUT2D eigenvalue weighted by atomic mass is 9.76. The Balaban J connectivity index is 1.72. The van der Waals surface area contributed by atoms with Crippen molar-refractivity contribution < 1.29 is 13.6 Å². The summed E-state index contributed by atoms with van der Waals surface area (Å²) in [7, 11) is 0. The van der Waals surface area contributed by atoms with Crippen molar-refractivity contribution in [2.24, 2.45) is 23.7 Å². The molecule has 1 aliphatic carbocycles. The van der Waals surface area contributed by atoms with Crippen molar-refractivity contribution in [1.29, 1.82) is 0 Å². The quantitative estimate of drug-likeness (QED) is 0.382. The number of carbonyl (C=O) groups excluding carboxylic acids is 1. The standard InChI is InChI=1S/C27H34Cl2F2N2O/c1-5-16(2)10-24(29)23(18(4)28)12-21-11-19-6-7-20(17(21)3)15-33(14-19)27(34)32-22-8-9-25(30)26(31)13-22/h8-10,13,17,19-21H,2,5-7,11-12,14-15H2,1,3-4H3,(H,32,34). The summed E-state index contributed by atoms with van der Waals surface area (Å²) in [5.74, 6) is -0.407. The number of urea groups is 1. The van der Waals surface area contributed by atoms with Crippen LogP contribution in [0.2, 0.25) is 0 Å². The van der Waals surface area contributed by atoms with E-state index in [1.165, 1.54) is 6.07 Å². The Labute approximate surface area is 211 Å². The second-order valence-corrected chi connectivity index (χ2v) is 10.7. The third kappa shape index (κ3) is 6.63. The molecule has 0 aromatic heterocycles. The Morgan fingerprint density at radius 1 is 1.24 bits per heavy atom. The monoisotopic (exact) mass is 510 g/mol. The number of nitrogens with one attached hydrogen (secondary N) is 1. The molecule has 3 rings (SSSR count). The number of nitrogens with zero attached hydrogens (tertiary/aromatic N) is 1. The van der Waals surface area contributed by atoms with E-state index in [0.29, 0.717) is 46.8 Å². The fourth-order valence-corrected chi connectivity index (χ4v) is 5.80. The van der Waals surface area contributed by atoms with Gasteiger partial charge in [-0.25, -0.2) is 13.6 Å². The van der Waals surface area contributed by atoms with E-state index in [-0.39, 0.29) is 11.7 Å². The summed E-state index contributed by atoms with van der Waals surface area (Å²) in [5, 5.41) is 4.10. The summed E-state index contributed by atoms with van der Waals surface area (Å²) < 4.78 is 26.8. The Bertz CT molecular complexity index is 987. The van der Waals surface area contributed by atoms with Crippen molar-refractivity contribution >= 4 is 34.9 Å². The molecule has 34 heavy (non-hydrogen) atoms. The third-order valence-corrected chi connectivity index (χ3v) is 7.98. The van der Waals surface area contributed by atoms with Crippen molar-refractivity contribution in [1.82, 2.24) is 4.90 Å². The highest BCUT2D eigenvalue weighted by Gasteiger charge is 2.38. The highest BCUT2D eigenvalue weighted by molar-refractivity contribution is 6.35. The van der Waals surface area contributed by atoms with Crippen LogP contribution < -0.4 is 5.32 Å². The Hall–Kier alpha value is -1.85. The van der Waals surface area contributed by atoms with Crippen molar-refractivity contribution in [2.45, 2.75) is 52.9 Å². The first-order valence-electron chi connectivity index (χ1n) is 12.0. The summed E-state index contributed by atoms with van der Waals surface area (Å²) >= 11 is 13.1. The maximum atomic E-state index is 13.6. The van der Waals surface area contributed by atoms with E-state index >= 15 is 0 Å². The zero-order valence-electron chi connectivity index (χ0n) is 20.1. The van der Waals surface area contributed by atoms with Crippen LogP contribution in [0, 0.1) is 35.3 Å². The van der Waals surface area contributed by atoms with Gasteiger partial charge in [0.2, 0.25) is 0 Å². The average molecular weight is 511 g/mol. The van der Waals surface area contributed by atoms with Gasteiger partial charge >= 0.3 is 6.03 Å². The molecule has 1 aromatic carbocycles. The van der Waals surface area contributed by atoms with Gasteiger partial charge in [-0.05, 0) is 86.5 Å². The Morgan fingerprint density at radius 2 is 1.97 bits per heavy atom. The molecule has 1 aromatic rings. The van der Waals surface area contributed by atoms with Gasteiger partial charge in [-0.1, -0.05) is 49.2 Å². The van der Waals surface area contributed by atoms with Gasteiger partial charge in [0.15, 0.2) is 11.6 Å². The number of fused-ring (bicyclic) bond motifs is 3. The van der Waals surface area contributed by atoms with E-state index < -0.39 is 11.6 Å². The number of rotatable bonds is 6. The Morgan fingerprint density at radius 3 is 2.62 bits per heavy atom. The summed E-state index contributed by atoms with van der Waals surface area (Å²) in [6.07, 6.45) is 6.66. The molecule has 0 spiro atoms. The summed E-state index contributed by atoms with van der Waals surface area (Å²) in [6.45, 7) is 11.5. The van der Waals surface area contributed by atoms with Crippen molar-refractivity contribution in [2.75, 3.05) is 18.4 Å². The fourth-order valence-electron chi connectivity index (χ4n) is 5.20. The van der Waals surface area contributed by atoms with Gasteiger partial charge in [-0.15, -0.1) is 0 Å². The van der Waals surface area contributed by atoms with Crippen LogP contribution >= 0.6 is 23.2 Å². The number of likely N-dealkylation sites (tertiary alicyclic amines) is 1. The molecule has 0 radical (unpaired) electrons. The second-order valence-electron chi connectivity index (χ2n) is 9.74. The van der Waals surface area contributed by atoms with Crippen LogP contribution in [0.3, 0.4) is 0 Å². The van der Waals surface area contributed by atoms with Gasteiger partial charge in [-0.2, -0.15) is 0 Å². The molecule has 2 bridgehead atoms. The first-order chi connectivity index (χ1) is 16.1. The summed E-state index contributed by atoms with van der Waals surface area (Å²) in [4.78, 5) is 14.8. The number of hydrogen-bond donors (Lipinski definition) is 1. The largest absolute Gasteiger partial charge is 0.324 e. The molecule has 1 saturated heterocycles. The molecule has 7 heteroatoms. The molecule has 2 fully saturated rings. The average Bonchev–Trinajstić information content (AvgIpc) is 3.08. The normalized spacial score (nSPS) is 26.0. The number of hydrogen-bond acceptors (Lipinski definition) is 1. The van der Waals surface area contributed by atoms with E-state index in [1.807, 2.05) is 24.8 Å². The van der Waals surface area contributed by atoms with Crippen LogP contribution in [-0.2, 0) is 0 Å². The van der Waals surface area contributed by atoms with Crippen LogP contribution in [-0.4, -0.2) is 24.0 Å². The molecule has 1 N–H and O–H groups in total. The molecular formula is C27H34Cl2F2N2O. The maximum Gasteiger partial charge on any atom is 0.321 e. The molecular weight excluding hydrogens is 477 g/mol. The smallest absolute Gasteiger partial charge is 0.321 e. The van der Waals surface area contributed by atoms with Gasteiger partial charge in [0.25, 0.3) is 0 Å². The highest BCUT2D eigenvalue weighted by Crippen LogP contribution is 2.44. The first-order valence-corrected chi connectivity index (χ1v) is 12.8. The predicted octanol–water partition coefficient (Wildman–Crippen LogP) is 8.47. The molecule has 1 saturated carbocycles. The fraction of sp³-hybridized carbons (Fsp3) is 0.519. The van der Waals surface area contributed by atoms with E-state index in [9.17, 15) is 13.6 Å². The number of anilines is 1. The minimum atomic E-state index is -0.976. The lowest BCUT2D eigenvalue weighted by Crippen LogP contribution is -2.43. The highest BCUT2D eigenvalue weighted by atomic mass is 35.5. The van der Waals surface area contributed by atoms with Gasteiger partial charge in [0.05, 0.1) is 0 Å². The van der Waals surface area contributed by atoms with Gasteiger partial charge < -0.3 is 10.2 Å². The summed E-state index contributed by atoms with van der Waals surface area (Å²) in [5.41, 5.74) is 2.20. The van der Waals surface area contributed by atoms with Crippen molar-refractivity contribution in [3.63, 3.8) is 0 Å². The molecule has 2 amide bonds. The lowest BCUT2D eigenvalue weighted by molar-refractivity contribution is 0.143. The molecule has 2 aliphatic rings. The van der Waals surface area contributed by atoms with Crippen LogP contribution in [0.15, 0.2) is 52.1 Å². The van der Waals surface area contributed by atoms with Gasteiger partial charge in [0, 0.05) is 34.9 Å². The third-order valence-electron chi connectivity index (χ3n) is 7.42. The van der Waals surface area contributed by atoms with Gasteiger partial charge in [0.1, 0.15) is 0 Å².